The van der Waals surface area contributed by atoms with Crippen LogP contribution in [0, 0.1) is 11.8 Å². The van der Waals surface area contributed by atoms with E-state index in [4.69, 9.17) is 0 Å². The Kier molecular flexibility index (Phi) is 6.78. The first-order chi connectivity index (χ1) is 16.0. The quantitative estimate of drug-likeness (QED) is 0.660. The number of hydrogen-bond donors (Lipinski definition) is 1. The number of benzene rings is 1. The van der Waals surface area contributed by atoms with Crippen molar-refractivity contribution in [2.24, 2.45) is 11.8 Å². The molecule has 0 spiro atoms. The van der Waals surface area contributed by atoms with Crippen molar-refractivity contribution in [1.29, 1.82) is 0 Å². The number of halogens is 3. The fourth-order valence-electron chi connectivity index (χ4n) is 5.53. The Hall–Kier alpha value is -2.77. The maximum Gasteiger partial charge on any atom is 0.418 e. The van der Waals surface area contributed by atoms with Crippen LogP contribution in [-0.2, 0) is 11.0 Å². The van der Waals surface area contributed by atoms with Crippen LogP contribution in [0.25, 0.3) is 10.9 Å². The summed E-state index contributed by atoms with van der Waals surface area (Å²) >= 11 is 0. The molecule has 0 saturated carbocycles. The van der Waals surface area contributed by atoms with Gasteiger partial charge in [0.05, 0.1) is 11.1 Å². The number of fused-ring (bicyclic) bond motifs is 1. The van der Waals surface area contributed by atoms with Crippen LogP contribution < -0.4 is 10.2 Å². The molecule has 4 atom stereocenters. The average Bonchev–Trinajstić information content (AvgIpc) is 2.75. The van der Waals surface area contributed by atoms with Crippen molar-refractivity contribution in [2.75, 3.05) is 25.0 Å². The highest BCUT2D eigenvalue weighted by molar-refractivity contribution is 5.94. The first-order valence-corrected chi connectivity index (χ1v) is 11.9. The van der Waals surface area contributed by atoms with Crippen LogP contribution in [0.2, 0.25) is 0 Å². The van der Waals surface area contributed by atoms with E-state index in [2.05, 4.69) is 40.5 Å². The van der Waals surface area contributed by atoms with Gasteiger partial charge in [-0.05, 0) is 62.3 Å². The van der Waals surface area contributed by atoms with E-state index < -0.39 is 11.7 Å². The van der Waals surface area contributed by atoms with E-state index in [9.17, 15) is 18.0 Å². The summed E-state index contributed by atoms with van der Waals surface area (Å²) in [6.45, 7) is 9.67. The first kappa shape index (κ1) is 24.4. The van der Waals surface area contributed by atoms with E-state index >= 15 is 0 Å². The number of anilines is 1. The van der Waals surface area contributed by atoms with Crippen molar-refractivity contribution in [3.05, 3.63) is 48.3 Å². The van der Waals surface area contributed by atoms with E-state index in [1.165, 1.54) is 12.3 Å². The summed E-state index contributed by atoms with van der Waals surface area (Å²) < 4.78 is 40.5. The molecule has 4 unspecified atom stereocenters. The third-order valence-corrected chi connectivity index (χ3v) is 7.25. The number of nitrogens with one attached hydrogen (secondary N) is 1. The molecule has 34 heavy (non-hydrogen) atoms. The predicted molar refractivity (Wildman–Crippen MR) is 128 cm³/mol. The summed E-state index contributed by atoms with van der Waals surface area (Å²) in [4.78, 5) is 21.2. The number of allylic oxidation sites excluding steroid dienone is 1. The molecule has 2 fully saturated rings. The second kappa shape index (κ2) is 9.47. The Morgan fingerprint density at radius 3 is 2.68 bits per heavy atom. The molecule has 5 nitrogen and oxygen atoms in total. The van der Waals surface area contributed by atoms with Gasteiger partial charge in [0.15, 0.2) is 0 Å². The highest BCUT2D eigenvalue weighted by Gasteiger charge is 2.35. The van der Waals surface area contributed by atoms with Crippen LogP contribution in [0.4, 0.5) is 18.9 Å². The third-order valence-electron chi connectivity index (χ3n) is 7.25. The van der Waals surface area contributed by atoms with Crippen molar-refractivity contribution in [1.82, 2.24) is 15.2 Å². The molecule has 1 aromatic carbocycles. The third kappa shape index (κ3) is 5.15. The Morgan fingerprint density at radius 2 is 1.97 bits per heavy atom. The molecule has 4 rings (SSSR count). The van der Waals surface area contributed by atoms with E-state index in [0.717, 1.165) is 36.7 Å². The molecule has 2 aliphatic rings. The van der Waals surface area contributed by atoms with Crippen molar-refractivity contribution >= 4 is 22.5 Å². The Labute approximate surface area is 199 Å². The fraction of sp³-hybridized carbons (Fsp3) is 0.538. The second-order valence-corrected chi connectivity index (χ2v) is 10.1. The van der Waals surface area contributed by atoms with Crippen molar-refractivity contribution in [2.45, 2.75) is 57.8 Å². The SMILES string of the molecule is C=C1CC(CC(=O)NC2CC(C)CN(c3ccc(C(F)(F)F)c4ncccc34)C2)CC(C)N1C. The Balaban J connectivity index is 1.48. The van der Waals surface area contributed by atoms with Gasteiger partial charge in [0.2, 0.25) is 5.91 Å². The molecule has 184 valence electrons. The summed E-state index contributed by atoms with van der Waals surface area (Å²) in [5.41, 5.74) is 1.03. The highest BCUT2D eigenvalue weighted by atomic mass is 19.4. The number of carbonyl (C=O) groups is 1. The van der Waals surface area contributed by atoms with Gasteiger partial charge in [0.1, 0.15) is 0 Å². The topological polar surface area (TPSA) is 48.5 Å². The molecule has 0 bridgehead atoms. The molecule has 2 saturated heterocycles. The van der Waals surface area contributed by atoms with Crippen LogP contribution in [0.1, 0.15) is 45.1 Å². The Bertz CT molecular complexity index is 1070. The number of alkyl halides is 3. The monoisotopic (exact) mass is 474 g/mol. The molecule has 8 heteroatoms. The lowest BCUT2D eigenvalue weighted by Gasteiger charge is -2.40. The number of rotatable bonds is 4. The molecule has 0 radical (unpaired) electrons. The van der Waals surface area contributed by atoms with Gasteiger partial charge >= 0.3 is 6.18 Å². The minimum atomic E-state index is -4.46. The van der Waals surface area contributed by atoms with E-state index in [1.807, 2.05) is 7.05 Å². The predicted octanol–water partition coefficient (Wildman–Crippen LogP) is 5.22. The van der Waals surface area contributed by atoms with Crippen molar-refractivity contribution < 1.29 is 18.0 Å². The average molecular weight is 475 g/mol. The van der Waals surface area contributed by atoms with Gasteiger partial charge in [-0.15, -0.1) is 0 Å². The van der Waals surface area contributed by atoms with Gasteiger partial charge in [0, 0.05) is 61.6 Å². The lowest BCUT2D eigenvalue weighted by Crippen LogP contribution is -2.51. The van der Waals surface area contributed by atoms with Crippen LogP contribution in [-0.4, -0.2) is 48.0 Å². The molecule has 2 aliphatic heterocycles. The molecule has 2 aromatic rings. The van der Waals surface area contributed by atoms with Gasteiger partial charge in [-0.25, -0.2) is 0 Å². The minimum Gasteiger partial charge on any atom is -0.376 e. The van der Waals surface area contributed by atoms with Crippen LogP contribution in [0.15, 0.2) is 42.7 Å². The number of piperidine rings is 2. The second-order valence-electron chi connectivity index (χ2n) is 10.1. The zero-order valence-corrected chi connectivity index (χ0v) is 20.0. The van der Waals surface area contributed by atoms with Crippen LogP contribution in [0.3, 0.4) is 0 Å². The summed E-state index contributed by atoms with van der Waals surface area (Å²) in [5.74, 6) is 0.601. The van der Waals surface area contributed by atoms with Gasteiger partial charge in [-0.3, -0.25) is 9.78 Å². The first-order valence-electron chi connectivity index (χ1n) is 11.9. The molecular weight excluding hydrogens is 441 g/mol. The standard InChI is InChI=1S/C26H33F3N4O/c1-16-10-20(31-24(34)13-19-11-17(2)32(4)18(3)12-19)15-33(14-16)23-8-7-22(26(27,28)29)25-21(23)6-5-9-30-25/h5-9,16,18-20H,2,10-15H2,1,3-4H3,(H,31,34). The maximum atomic E-state index is 13.5. The van der Waals surface area contributed by atoms with Crippen LogP contribution >= 0.6 is 0 Å². The number of amides is 1. The van der Waals surface area contributed by atoms with Gasteiger partial charge in [-0.1, -0.05) is 13.5 Å². The fourth-order valence-corrected chi connectivity index (χ4v) is 5.53. The largest absolute Gasteiger partial charge is 0.418 e. The molecule has 3 heterocycles. The number of aromatic nitrogens is 1. The minimum absolute atomic E-state index is 0.0348. The smallest absolute Gasteiger partial charge is 0.376 e. The normalized spacial score (nSPS) is 26.1. The van der Waals surface area contributed by atoms with Crippen molar-refractivity contribution in [3.63, 3.8) is 0 Å². The lowest BCUT2D eigenvalue weighted by atomic mass is 9.87. The number of pyridine rings is 1. The summed E-state index contributed by atoms with van der Waals surface area (Å²) in [5, 5.41) is 3.68. The van der Waals surface area contributed by atoms with Crippen LogP contribution in [0.5, 0.6) is 0 Å². The summed E-state index contributed by atoms with van der Waals surface area (Å²) in [6.07, 6.45) is 0.0206. The summed E-state index contributed by atoms with van der Waals surface area (Å²) in [6, 6.07) is 6.31. The highest BCUT2D eigenvalue weighted by Crippen LogP contribution is 2.38. The number of hydrogen-bond acceptors (Lipinski definition) is 4. The Morgan fingerprint density at radius 1 is 1.21 bits per heavy atom. The molecular formula is C26H33F3N4O. The van der Waals surface area contributed by atoms with Gasteiger partial charge < -0.3 is 15.1 Å². The zero-order chi connectivity index (χ0) is 24.6. The number of likely N-dealkylation sites (tertiary alicyclic amines) is 1. The number of carbonyl (C=O) groups excluding carboxylic acids is 1. The molecule has 1 aromatic heterocycles. The van der Waals surface area contributed by atoms with E-state index in [1.54, 1.807) is 12.1 Å². The van der Waals surface area contributed by atoms with Gasteiger partial charge in [0.25, 0.3) is 0 Å². The molecule has 1 N–H and O–H groups in total. The number of nitrogens with zero attached hydrogens (tertiary/aromatic N) is 3. The van der Waals surface area contributed by atoms with E-state index in [0.29, 0.717) is 30.9 Å². The van der Waals surface area contributed by atoms with E-state index in [-0.39, 0.29) is 29.3 Å². The molecule has 1 amide bonds. The molecule has 0 aliphatic carbocycles. The summed E-state index contributed by atoms with van der Waals surface area (Å²) in [7, 11) is 2.04. The lowest BCUT2D eigenvalue weighted by molar-refractivity contribution is -0.136. The maximum absolute atomic E-state index is 13.5. The van der Waals surface area contributed by atoms with Crippen molar-refractivity contribution in [3.8, 4) is 0 Å². The van der Waals surface area contributed by atoms with Gasteiger partial charge in [-0.2, -0.15) is 13.2 Å². The zero-order valence-electron chi connectivity index (χ0n) is 20.0.